The molecule has 0 aliphatic heterocycles. The molecule has 1 rings (SSSR count). The molecule has 0 aromatic heterocycles. The number of allylic oxidation sites excluding steroid dienone is 1. The van der Waals surface area contributed by atoms with Crippen LogP contribution in [-0.2, 0) is 0 Å². The van der Waals surface area contributed by atoms with Crippen LogP contribution in [0.4, 0.5) is 5.69 Å². The minimum Gasteiger partial charge on any atom is -0.380 e. The van der Waals surface area contributed by atoms with Crippen LogP contribution in [0.15, 0.2) is 30.4 Å². The molecule has 0 spiro atoms. The topological polar surface area (TPSA) is 12.0 Å². The first-order chi connectivity index (χ1) is 6.74. The second-order valence-electron chi connectivity index (χ2n) is 2.63. The van der Waals surface area contributed by atoms with Gasteiger partial charge in [-0.3, -0.25) is 0 Å². The summed E-state index contributed by atoms with van der Waals surface area (Å²) in [6, 6.07) is 5.31. The molecule has 0 fully saturated rings. The van der Waals surface area contributed by atoms with Gasteiger partial charge in [-0.05, 0) is 18.2 Å². The lowest BCUT2D eigenvalue weighted by atomic mass is 10.3. The van der Waals surface area contributed by atoms with E-state index in [1.807, 2.05) is 12.2 Å². The van der Waals surface area contributed by atoms with Crippen molar-refractivity contribution < 1.29 is 0 Å². The van der Waals surface area contributed by atoms with Gasteiger partial charge in [0.05, 0.1) is 10.7 Å². The van der Waals surface area contributed by atoms with E-state index in [2.05, 4.69) is 5.32 Å². The van der Waals surface area contributed by atoms with Gasteiger partial charge < -0.3 is 5.32 Å². The molecule has 4 heteroatoms. The molecule has 0 aliphatic rings. The van der Waals surface area contributed by atoms with Crippen molar-refractivity contribution in [2.24, 2.45) is 0 Å². The second kappa shape index (κ2) is 6.18. The van der Waals surface area contributed by atoms with Gasteiger partial charge in [-0.2, -0.15) is 0 Å². The molecule has 1 N–H and O–H groups in total. The lowest BCUT2D eigenvalue weighted by Crippen LogP contribution is -1.98. The van der Waals surface area contributed by atoms with Crippen LogP contribution in [0.2, 0.25) is 10.0 Å². The van der Waals surface area contributed by atoms with Gasteiger partial charge in [-0.1, -0.05) is 35.4 Å². The molecule has 0 radical (unpaired) electrons. The summed E-state index contributed by atoms with van der Waals surface area (Å²) in [6.07, 6.45) is 3.80. The summed E-state index contributed by atoms with van der Waals surface area (Å²) < 4.78 is 0. The van der Waals surface area contributed by atoms with E-state index < -0.39 is 0 Å². The summed E-state index contributed by atoms with van der Waals surface area (Å²) in [5.41, 5.74) is 0.832. The molecule has 0 heterocycles. The van der Waals surface area contributed by atoms with E-state index in [0.717, 1.165) is 5.69 Å². The number of benzene rings is 1. The molecular weight excluding hydrogens is 240 g/mol. The fourth-order valence-electron chi connectivity index (χ4n) is 0.948. The van der Waals surface area contributed by atoms with Crippen LogP contribution in [0.5, 0.6) is 0 Å². The summed E-state index contributed by atoms with van der Waals surface area (Å²) >= 11 is 17.2. The molecule has 1 nitrogen and oxygen atoms in total. The van der Waals surface area contributed by atoms with Gasteiger partial charge in [0.1, 0.15) is 0 Å². The fourth-order valence-corrected chi connectivity index (χ4v) is 1.43. The molecule has 1 aromatic rings. The summed E-state index contributed by atoms with van der Waals surface area (Å²) in [4.78, 5) is 0. The number of anilines is 1. The highest BCUT2D eigenvalue weighted by Gasteiger charge is 1.98. The van der Waals surface area contributed by atoms with E-state index >= 15 is 0 Å². The van der Waals surface area contributed by atoms with E-state index in [4.69, 9.17) is 34.8 Å². The molecule has 0 aliphatic carbocycles. The number of alkyl halides is 1. The highest BCUT2D eigenvalue weighted by atomic mass is 35.5. The lowest BCUT2D eigenvalue weighted by Gasteiger charge is -2.05. The Morgan fingerprint density at radius 1 is 1.21 bits per heavy atom. The van der Waals surface area contributed by atoms with E-state index in [1.54, 1.807) is 18.2 Å². The third kappa shape index (κ3) is 3.79. The summed E-state index contributed by atoms with van der Waals surface area (Å²) in [6.45, 7) is 0.687. The molecule has 0 saturated carbocycles. The van der Waals surface area contributed by atoms with Crippen LogP contribution < -0.4 is 5.32 Å². The molecule has 0 saturated heterocycles. The number of halogens is 3. The quantitative estimate of drug-likeness (QED) is 0.624. The van der Waals surface area contributed by atoms with Gasteiger partial charge in [0.25, 0.3) is 0 Å². The Labute approximate surface area is 98.7 Å². The van der Waals surface area contributed by atoms with Crippen molar-refractivity contribution in [1.82, 2.24) is 0 Å². The Balaban J connectivity index is 2.57. The largest absolute Gasteiger partial charge is 0.380 e. The summed E-state index contributed by atoms with van der Waals surface area (Å²) in [5, 5.41) is 4.45. The van der Waals surface area contributed by atoms with Crippen molar-refractivity contribution in [3.8, 4) is 0 Å². The first-order valence-corrected chi connectivity index (χ1v) is 5.43. The van der Waals surface area contributed by atoms with Crippen molar-refractivity contribution in [2.75, 3.05) is 17.7 Å². The predicted octanol–water partition coefficient (Wildman–Crippen LogP) is 4.20. The lowest BCUT2D eigenvalue weighted by molar-refractivity contribution is 1.33. The van der Waals surface area contributed by atoms with E-state index in [1.165, 1.54) is 0 Å². The average Bonchev–Trinajstić information content (AvgIpc) is 2.18. The Hall–Kier alpha value is -0.370. The van der Waals surface area contributed by atoms with Gasteiger partial charge in [0, 0.05) is 17.4 Å². The van der Waals surface area contributed by atoms with Crippen LogP contribution in [0.1, 0.15) is 0 Å². The zero-order chi connectivity index (χ0) is 10.4. The average molecular weight is 251 g/mol. The molecule has 0 atom stereocenters. The van der Waals surface area contributed by atoms with Crippen molar-refractivity contribution in [1.29, 1.82) is 0 Å². The number of nitrogens with one attached hydrogen (secondary N) is 1. The molecule has 76 valence electrons. The van der Waals surface area contributed by atoms with Crippen LogP contribution in [0.25, 0.3) is 0 Å². The Morgan fingerprint density at radius 2 is 2.00 bits per heavy atom. The summed E-state index contributed by atoms with van der Waals surface area (Å²) in [5.74, 6) is 0.519. The van der Waals surface area contributed by atoms with E-state index in [-0.39, 0.29) is 0 Å². The predicted molar refractivity (Wildman–Crippen MR) is 64.8 cm³/mol. The van der Waals surface area contributed by atoms with Crippen molar-refractivity contribution in [3.05, 3.63) is 40.4 Å². The SMILES string of the molecule is ClC/C=C/CNc1cc(Cl)ccc1Cl. The van der Waals surface area contributed by atoms with Gasteiger partial charge in [0.15, 0.2) is 0 Å². The molecule has 0 unspecified atom stereocenters. The third-order valence-corrected chi connectivity index (χ3v) is 2.34. The first kappa shape index (κ1) is 11.7. The number of hydrogen-bond donors (Lipinski definition) is 1. The smallest absolute Gasteiger partial charge is 0.0638 e. The maximum atomic E-state index is 5.94. The zero-order valence-electron chi connectivity index (χ0n) is 7.43. The molecular formula is C10H10Cl3N. The normalized spacial score (nSPS) is 10.8. The minimum absolute atomic E-state index is 0.519. The molecule has 14 heavy (non-hydrogen) atoms. The van der Waals surface area contributed by atoms with Gasteiger partial charge in [0.2, 0.25) is 0 Å². The zero-order valence-corrected chi connectivity index (χ0v) is 9.70. The maximum absolute atomic E-state index is 5.94. The van der Waals surface area contributed by atoms with Gasteiger partial charge in [-0.25, -0.2) is 0 Å². The van der Waals surface area contributed by atoms with Gasteiger partial charge in [-0.15, -0.1) is 11.6 Å². The van der Waals surface area contributed by atoms with Crippen LogP contribution in [0, 0.1) is 0 Å². The standard InChI is InChI=1S/C10H10Cl3N/c11-5-1-2-6-14-10-7-8(12)3-4-9(10)13/h1-4,7,14H,5-6H2/b2-1+. The Bertz CT molecular complexity index is 323. The maximum Gasteiger partial charge on any atom is 0.0638 e. The van der Waals surface area contributed by atoms with E-state index in [0.29, 0.717) is 22.5 Å². The van der Waals surface area contributed by atoms with Crippen LogP contribution in [-0.4, -0.2) is 12.4 Å². The third-order valence-electron chi connectivity index (χ3n) is 1.59. The second-order valence-corrected chi connectivity index (χ2v) is 3.78. The highest BCUT2D eigenvalue weighted by Crippen LogP contribution is 2.24. The molecule has 1 aromatic carbocycles. The molecule has 0 amide bonds. The Kier molecular flexibility index (Phi) is 5.16. The van der Waals surface area contributed by atoms with E-state index in [9.17, 15) is 0 Å². The van der Waals surface area contributed by atoms with Crippen molar-refractivity contribution in [3.63, 3.8) is 0 Å². The number of hydrogen-bond acceptors (Lipinski definition) is 1. The van der Waals surface area contributed by atoms with Crippen molar-refractivity contribution in [2.45, 2.75) is 0 Å². The number of rotatable bonds is 4. The fraction of sp³-hybridized carbons (Fsp3) is 0.200. The minimum atomic E-state index is 0.519. The van der Waals surface area contributed by atoms with Crippen LogP contribution in [0.3, 0.4) is 0 Å². The molecule has 0 bridgehead atoms. The van der Waals surface area contributed by atoms with Crippen LogP contribution >= 0.6 is 34.8 Å². The first-order valence-electron chi connectivity index (χ1n) is 4.14. The van der Waals surface area contributed by atoms with Gasteiger partial charge >= 0.3 is 0 Å². The van der Waals surface area contributed by atoms with Crippen molar-refractivity contribution >= 4 is 40.5 Å². The highest BCUT2D eigenvalue weighted by molar-refractivity contribution is 6.35. The Morgan fingerprint density at radius 3 is 2.71 bits per heavy atom. The summed E-state index contributed by atoms with van der Waals surface area (Å²) in [7, 11) is 0. The monoisotopic (exact) mass is 249 g/mol.